The molecule has 1 atom stereocenters. The molecule has 3 heterocycles. The molecule has 7 heteroatoms. The number of nitrogens with two attached hydrogens (primary N) is 1. The molecule has 0 aromatic carbocycles. The molecular formula is C12H19N7. The lowest BCUT2D eigenvalue weighted by Crippen LogP contribution is -2.38. The lowest BCUT2D eigenvalue weighted by Gasteiger charge is -2.29. The fraction of sp³-hybridized carbons (Fsp3) is 0.583. The van der Waals surface area contributed by atoms with Gasteiger partial charge in [-0.2, -0.15) is 9.97 Å². The molecule has 1 aliphatic heterocycles. The molecule has 0 amide bonds. The Kier molecular flexibility index (Phi) is 2.98. The number of nitrogens with one attached hydrogen (secondary N) is 1. The molecule has 1 fully saturated rings. The molecule has 19 heavy (non-hydrogen) atoms. The summed E-state index contributed by atoms with van der Waals surface area (Å²) in [5, 5.41) is 0. The number of aromatic amines is 1. The Morgan fingerprint density at radius 3 is 3.05 bits per heavy atom. The van der Waals surface area contributed by atoms with Gasteiger partial charge in [0, 0.05) is 19.1 Å². The first-order valence-corrected chi connectivity index (χ1v) is 6.57. The van der Waals surface area contributed by atoms with Crippen molar-refractivity contribution >= 4 is 22.9 Å². The van der Waals surface area contributed by atoms with Crippen LogP contribution in [0.5, 0.6) is 0 Å². The summed E-state index contributed by atoms with van der Waals surface area (Å²) in [5.41, 5.74) is 7.29. The van der Waals surface area contributed by atoms with E-state index in [1.165, 1.54) is 0 Å². The molecule has 102 valence electrons. The predicted molar refractivity (Wildman–Crippen MR) is 75.0 cm³/mol. The molecular weight excluding hydrogens is 242 g/mol. The number of H-pyrrole nitrogens is 1. The van der Waals surface area contributed by atoms with Crippen LogP contribution in [-0.2, 0) is 0 Å². The van der Waals surface area contributed by atoms with Crippen LogP contribution < -0.4 is 10.6 Å². The van der Waals surface area contributed by atoms with Crippen molar-refractivity contribution in [1.29, 1.82) is 0 Å². The van der Waals surface area contributed by atoms with Gasteiger partial charge in [-0.25, -0.2) is 4.98 Å². The maximum Gasteiger partial charge on any atom is 0.224 e. The van der Waals surface area contributed by atoms with Crippen LogP contribution in [0.15, 0.2) is 6.33 Å². The second kappa shape index (κ2) is 4.65. The molecule has 1 unspecified atom stereocenters. The number of aromatic nitrogens is 4. The van der Waals surface area contributed by atoms with Crippen molar-refractivity contribution in [3.8, 4) is 0 Å². The number of nitrogen functional groups attached to an aromatic ring is 1. The minimum atomic E-state index is 0.277. The topological polar surface area (TPSA) is 87.0 Å². The summed E-state index contributed by atoms with van der Waals surface area (Å²) in [6, 6.07) is 0.383. The van der Waals surface area contributed by atoms with Crippen molar-refractivity contribution in [3.63, 3.8) is 0 Å². The van der Waals surface area contributed by atoms with Crippen LogP contribution in [0.1, 0.15) is 13.3 Å². The van der Waals surface area contributed by atoms with Crippen LogP contribution in [0.25, 0.3) is 11.2 Å². The first-order chi connectivity index (χ1) is 9.15. The monoisotopic (exact) mass is 261 g/mol. The minimum Gasteiger partial charge on any atom is -0.368 e. The maximum atomic E-state index is 5.79. The number of rotatable bonds is 1. The van der Waals surface area contributed by atoms with Gasteiger partial charge in [0.05, 0.1) is 6.33 Å². The SMILES string of the molecule is CC1CN(C)CCCN1c1nc(N)nc2nc[nH]c12. The lowest BCUT2D eigenvalue weighted by molar-refractivity contribution is 0.337. The summed E-state index contributed by atoms with van der Waals surface area (Å²) < 4.78 is 0. The van der Waals surface area contributed by atoms with Crippen molar-refractivity contribution in [2.75, 3.05) is 37.3 Å². The van der Waals surface area contributed by atoms with E-state index in [0.717, 1.165) is 37.4 Å². The molecule has 0 spiro atoms. The summed E-state index contributed by atoms with van der Waals surface area (Å²) in [7, 11) is 2.15. The Balaban J connectivity index is 2.04. The summed E-state index contributed by atoms with van der Waals surface area (Å²) in [6.07, 6.45) is 2.75. The Bertz CT molecular complexity index is 578. The standard InChI is InChI=1S/C12H19N7/c1-8-6-18(2)4-3-5-19(8)11-9-10(15-7-14-9)16-12(13)17-11/h7-8H,3-6H2,1-2H3,(H3,13,14,15,16,17). The average Bonchev–Trinajstić information content (AvgIpc) is 2.74. The van der Waals surface area contributed by atoms with E-state index >= 15 is 0 Å². The number of nitrogens with zero attached hydrogens (tertiary/aromatic N) is 5. The van der Waals surface area contributed by atoms with Crippen LogP contribution in [0, 0.1) is 0 Å². The second-order valence-corrected chi connectivity index (χ2v) is 5.16. The van der Waals surface area contributed by atoms with Gasteiger partial charge in [-0.15, -0.1) is 0 Å². The summed E-state index contributed by atoms with van der Waals surface area (Å²) >= 11 is 0. The van der Waals surface area contributed by atoms with Crippen LogP contribution >= 0.6 is 0 Å². The van der Waals surface area contributed by atoms with Crippen molar-refractivity contribution in [2.45, 2.75) is 19.4 Å². The highest BCUT2D eigenvalue weighted by atomic mass is 15.3. The highest BCUT2D eigenvalue weighted by molar-refractivity contribution is 5.84. The third-order valence-corrected chi connectivity index (χ3v) is 3.60. The maximum absolute atomic E-state index is 5.79. The van der Waals surface area contributed by atoms with Gasteiger partial charge < -0.3 is 20.5 Å². The summed E-state index contributed by atoms with van der Waals surface area (Å²) in [5.74, 6) is 1.14. The number of anilines is 2. The molecule has 3 N–H and O–H groups in total. The minimum absolute atomic E-state index is 0.277. The van der Waals surface area contributed by atoms with E-state index in [4.69, 9.17) is 5.73 Å². The van der Waals surface area contributed by atoms with Crippen LogP contribution in [-0.4, -0.2) is 57.6 Å². The van der Waals surface area contributed by atoms with E-state index in [9.17, 15) is 0 Å². The third kappa shape index (κ3) is 2.21. The third-order valence-electron chi connectivity index (χ3n) is 3.60. The van der Waals surface area contributed by atoms with Crippen molar-refractivity contribution in [3.05, 3.63) is 6.33 Å². The number of imidazole rings is 1. The van der Waals surface area contributed by atoms with Gasteiger partial charge in [-0.1, -0.05) is 0 Å². The molecule has 2 aromatic heterocycles. The van der Waals surface area contributed by atoms with E-state index < -0.39 is 0 Å². The zero-order valence-corrected chi connectivity index (χ0v) is 11.3. The molecule has 1 saturated heterocycles. The smallest absolute Gasteiger partial charge is 0.224 e. The Morgan fingerprint density at radius 1 is 1.37 bits per heavy atom. The van der Waals surface area contributed by atoms with Gasteiger partial charge in [-0.05, 0) is 26.9 Å². The van der Waals surface area contributed by atoms with Crippen molar-refractivity contribution in [1.82, 2.24) is 24.8 Å². The number of likely N-dealkylation sites (N-methyl/N-ethyl adjacent to an activating group) is 1. The van der Waals surface area contributed by atoms with Crippen LogP contribution in [0.4, 0.5) is 11.8 Å². The first-order valence-electron chi connectivity index (χ1n) is 6.57. The van der Waals surface area contributed by atoms with E-state index in [1.54, 1.807) is 6.33 Å². The number of hydrogen-bond acceptors (Lipinski definition) is 6. The van der Waals surface area contributed by atoms with Gasteiger partial charge in [0.15, 0.2) is 11.5 Å². The highest BCUT2D eigenvalue weighted by Gasteiger charge is 2.23. The Labute approximate surface area is 111 Å². The van der Waals surface area contributed by atoms with Gasteiger partial charge in [-0.3, -0.25) is 0 Å². The molecule has 3 rings (SSSR count). The van der Waals surface area contributed by atoms with Crippen molar-refractivity contribution < 1.29 is 0 Å². The van der Waals surface area contributed by atoms with Gasteiger partial charge in [0.1, 0.15) is 5.52 Å². The highest BCUT2D eigenvalue weighted by Crippen LogP contribution is 2.25. The van der Waals surface area contributed by atoms with E-state index in [1.807, 2.05) is 0 Å². The zero-order chi connectivity index (χ0) is 13.4. The average molecular weight is 261 g/mol. The van der Waals surface area contributed by atoms with Gasteiger partial charge in [0.2, 0.25) is 5.95 Å². The molecule has 0 radical (unpaired) electrons. The molecule has 7 nitrogen and oxygen atoms in total. The first kappa shape index (κ1) is 12.2. The lowest BCUT2D eigenvalue weighted by atomic mass is 10.2. The molecule has 0 bridgehead atoms. The van der Waals surface area contributed by atoms with E-state index in [2.05, 4.69) is 43.7 Å². The van der Waals surface area contributed by atoms with Gasteiger partial charge >= 0.3 is 0 Å². The quantitative estimate of drug-likeness (QED) is 0.775. The van der Waals surface area contributed by atoms with E-state index in [0.29, 0.717) is 11.7 Å². The van der Waals surface area contributed by atoms with Gasteiger partial charge in [0.25, 0.3) is 0 Å². The zero-order valence-electron chi connectivity index (χ0n) is 11.3. The van der Waals surface area contributed by atoms with Crippen molar-refractivity contribution in [2.24, 2.45) is 0 Å². The number of hydrogen-bond donors (Lipinski definition) is 2. The second-order valence-electron chi connectivity index (χ2n) is 5.16. The van der Waals surface area contributed by atoms with Crippen LogP contribution in [0.2, 0.25) is 0 Å². The Morgan fingerprint density at radius 2 is 2.21 bits per heavy atom. The summed E-state index contributed by atoms with van der Waals surface area (Å²) in [6.45, 7) is 5.30. The molecule has 0 aliphatic carbocycles. The molecule has 2 aromatic rings. The Hall–Kier alpha value is -1.89. The summed E-state index contributed by atoms with van der Waals surface area (Å²) in [4.78, 5) is 20.5. The molecule has 0 saturated carbocycles. The predicted octanol–water partition coefficient (Wildman–Crippen LogP) is 0.465. The normalized spacial score (nSPS) is 21.8. The van der Waals surface area contributed by atoms with Crippen LogP contribution in [0.3, 0.4) is 0 Å². The van der Waals surface area contributed by atoms with E-state index in [-0.39, 0.29) is 5.95 Å². The largest absolute Gasteiger partial charge is 0.368 e. The fourth-order valence-electron chi connectivity index (χ4n) is 2.73. The number of fused-ring (bicyclic) bond motifs is 1. The molecule has 1 aliphatic rings. The fourth-order valence-corrected chi connectivity index (χ4v) is 2.73.